The quantitative estimate of drug-likeness (QED) is 0.713. The highest BCUT2D eigenvalue weighted by Gasteiger charge is 2.16. The molecule has 1 aromatic carbocycles. The molecule has 1 fully saturated rings. The first-order valence-corrected chi connectivity index (χ1v) is 10.7. The van der Waals surface area contributed by atoms with Gasteiger partial charge in [-0.25, -0.2) is 4.98 Å². The molecule has 0 aliphatic carbocycles. The molecule has 0 amide bonds. The molecule has 2 heterocycles. The summed E-state index contributed by atoms with van der Waals surface area (Å²) in [5.74, 6) is 0.858. The second kappa shape index (κ2) is 10.2. The van der Waals surface area contributed by atoms with Gasteiger partial charge in [0.25, 0.3) is 0 Å². The SMILES string of the molecule is Cc1nc(CN(C)Cc2ccccc2OC[C@H](O)CN2CCCCC2)cs1. The van der Waals surface area contributed by atoms with Crippen molar-refractivity contribution in [2.24, 2.45) is 0 Å². The molecule has 1 aliphatic rings. The minimum atomic E-state index is -0.452. The van der Waals surface area contributed by atoms with E-state index in [1.54, 1.807) is 11.3 Å². The van der Waals surface area contributed by atoms with Crippen LogP contribution in [0.15, 0.2) is 29.6 Å². The zero-order valence-corrected chi connectivity index (χ0v) is 17.2. The molecule has 1 saturated heterocycles. The minimum Gasteiger partial charge on any atom is -0.491 e. The topological polar surface area (TPSA) is 48.8 Å². The number of piperidine rings is 1. The maximum atomic E-state index is 10.3. The van der Waals surface area contributed by atoms with Crippen LogP contribution in [0.3, 0.4) is 0 Å². The average molecular weight is 390 g/mol. The van der Waals surface area contributed by atoms with Crippen molar-refractivity contribution in [3.8, 4) is 5.75 Å². The van der Waals surface area contributed by atoms with E-state index in [1.165, 1.54) is 19.3 Å². The van der Waals surface area contributed by atoms with Crippen molar-refractivity contribution >= 4 is 11.3 Å². The zero-order chi connectivity index (χ0) is 19.1. The van der Waals surface area contributed by atoms with Gasteiger partial charge < -0.3 is 14.7 Å². The summed E-state index contributed by atoms with van der Waals surface area (Å²) < 4.78 is 5.98. The molecule has 2 aromatic rings. The molecule has 0 saturated carbocycles. The number of benzene rings is 1. The molecular formula is C21H31N3O2S. The Bertz CT molecular complexity index is 700. The van der Waals surface area contributed by atoms with Crippen LogP contribution in [-0.4, -0.2) is 59.3 Å². The normalized spacial score (nSPS) is 16.6. The molecule has 5 nitrogen and oxygen atoms in total. The molecule has 0 radical (unpaired) electrons. The molecule has 6 heteroatoms. The van der Waals surface area contributed by atoms with Crippen molar-refractivity contribution in [2.75, 3.05) is 33.3 Å². The Morgan fingerprint density at radius 3 is 2.74 bits per heavy atom. The number of β-amino-alcohol motifs (C(OH)–C–C–N with tert-alkyl or cyclic N) is 1. The van der Waals surface area contributed by atoms with Gasteiger partial charge in [-0.3, -0.25) is 4.90 Å². The van der Waals surface area contributed by atoms with Gasteiger partial charge in [0.2, 0.25) is 0 Å². The number of aliphatic hydroxyl groups is 1. The van der Waals surface area contributed by atoms with Gasteiger partial charge in [-0.1, -0.05) is 24.6 Å². The predicted octanol–water partition coefficient (Wildman–Crippen LogP) is 3.31. The number of rotatable bonds is 9. The van der Waals surface area contributed by atoms with Crippen LogP contribution >= 0.6 is 11.3 Å². The molecule has 27 heavy (non-hydrogen) atoms. The molecule has 0 spiro atoms. The maximum Gasteiger partial charge on any atom is 0.123 e. The summed E-state index contributed by atoms with van der Waals surface area (Å²) in [6.07, 6.45) is 3.33. The molecule has 148 valence electrons. The van der Waals surface area contributed by atoms with Crippen molar-refractivity contribution in [2.45, 2.75) is 45.4 Å². The Hall–Kier alpha value is -1.47. The van der Waals surface area contributed by atoms with Crippen molar-refractivity contribution in [1.82, 2.24) is 14.8 Å². The number of aliphatic hydroxyl groups excluding tert-OH is 1. The maximum absolute atomic E-state index is 10.3. The second-order valence-electron chi connectivity index (χ2n) is 7.46. The fraction of sp³-hybridized carbons (Fsp3) is 0.571. The molecule has 1 atom stereocenters. The van der Waals surface area contributed by atoms with E-state index in [0.29, 0.717) is 13.2 Å². The molecule has 1 aromatic heterocycles. The van der Waals surface area contributed by atoms with E-state index >= 15 is 0 Å². The van der Waals surface area contributed by atoms with E-state index in [2.05, 4.69) is 33.3 Å². The van der Waals surface area contributed by atoms with Crippen molar-refractivity contribution < 1.29 is 9.84 Å². The van der Waals surface area contributed by atoms with Crippen LogP contribution in [0.4, 0.5) is 0 Å². The standard InChI is InChI=1S/C21H31N3O2S/c1-17-22-19(16-27-17)13-23(2)12-18-8-4-5-9-21(18)26-15-20(25)14-24-10-6-3-7-11-24/h4-5,8-9,16,20,25H,3,6-7,10-15H2,1-2H3/t20-/m1/s1. The summed E-state index contributed by atoms with van der Waals surface area (Å²) >= 11 is 1.69. The lowest BCUT2D eigenvalue weighted by Gasteiger charge is -2.28. The van der Waals surface area contributed by atoms with Crippen LogP contribution in [0.1, 0.15) is 35.5 Å². The third kappa shape index (κ3) is 6.57. The van der Waals surface area contributed by atoms with E-state index in [-0.39, 0.29) is 0 Å². The highest BCUT2D eigenvalue weighted by atomic mass is 32.1. The van der Waals surface area contributed by atoms with Crippen LogP contribution < -0.4 is 4.74 Å². The number of likely N-dealkylation sites (tertiary alicyclic amines) is 1. The van der Waals surface area contributed by atoms with Crippen molar-refractivity contribution in [3.05, 3.63) is 45.9 Å². The van der Waals surface area contributed by atoms with Gasteiger partial charge in [0.1, 0.15) is 18.5 Å². The van der Waals surface area contributed by atoms with Crippen LogP contribution in [0.5, 0.6) is 5.75 Å². The summed E-state index contributed by atoms with van der Waals surface area (Å²) in [5.41, 5.74) is 2.24. The Morgan fingerprint density at radius 1 is 1.22 bits per heavy atom. The number of hydrogen-bond acceptors (Lipinski definition) is 6. The zero-order valence-electron chi connectivity index (χ0n) is 16.4. The van der Waals surface area contributed by atoms with Gasteiger partial charge in [0, 0.05) is 30.6 Å². The lowest BCUT2D eigenvalue weighted by molar-refractivity contribution is 0.0612. The first-order valence-electron chi connectivity index (χ1n) is 9.81. The van der Waals surface area contributed by atoms with Crippen LogP contribution in [0, 0.1) is 6.92 Å². The largest absolute Gasteiger partial charge is 0.491 e. The van der Waals surface area contributed by atoms with Crippen LogP contribution in [0.25, 0.3) is 0 Å². The Balaban J connectivity index is 1.50. The lowest BCUT2D eigenvalue weighted by Crippen LogP contribution is -2.38. The van der Waals surface area contributed by atoms with Gasteiger partial charge in [-0.15, -0.1) is 11.3 Å². The summed E-state index contributed by atoms with van der Waals surface area (Å²) in [6.45, 7) is 6.86. The molecule has 1 aliphatic heterocycles. The number of nitrogens with zero attached hydrogens (tertiary/aromatic N) is 3. The van der Waals surface area contributed by atoms with Gasteiger partial charge in [0.15, 0.2) is 0 Å². The third-order valence-corrected chi connectivity index (χ3v) is 5.68. The van der Waals surface area contributed by atoms with E-state index in [4.69, 9.17) is 4.74 Å². The highest BCUT2D eigenvalue weighted by Crippen LogP contribution is 2.21. The average Bonchev–Trinajstić information content (AvgIpc) is 3.06. The molecule has 3 rings (SSSR count). The van der Waals surface area contributed by atoms with Gasteiger partial charge in [-0.05, 0) is 46.0 Å². The highest BCUT2D eigenvalue weighted by molar-refractivity contribution is 7.09. The predicted molar refractivity (Wildman–Crippen MR) is 110 cm³/mol. The monoisotopic (exact) mass is 389 g/mol. The van der Waals surface area contributed by atoms with Crippen molar-refractivity contribution in [1.29, 1.82) is 0 Å². The fourth-order valence-electron chi connectivity index (χ4n) is 3.56. The minimum absolute atomic E-state index is 0.336. The first kappa shape index (κ1) is 20.3. The number of ether oxygens (including phenoxy) is 1. The van der Waals surface area contributed by atoms with E-state index in [1.807, 2.05) is 25.1 Å². The third-order valence-electron chi connectivity index (χ3n) is 4.86. The first-order chi connectivity index (χ1) is 13.1. The van der Waals surface area contributed by atoms with Gasteiger partial charge in [0.05, 0.1) is 10.7 Å². The molecular weight excluding hydrogens is 358 g/mol. The van der Waals surface area contributed by atoms with Gasteiger partial charge >= 0.3 is 0 Å². The second-order valence-corrected chi connectivity index (χ2v) is 8.53. The molecule has 0 unspecified atom stereocenters. The Morgan fingerprint density at radius 2 is 2.00 bits per heavy atom. The number of thiazole rings is 1. The van der Waals surface area contributed by atoms with Crippen LogP contribution in [-0.2, 0) is 13.1 Å². The summed E-state index contributed by atoms with van der Waals surface area (Å²) in [4.78, 5) is 9.11. The fourth-order valence-corrected chi connectivity index (χ4v) is 4.16. The number of aromatic nitrogens is 1. The van der Waals surface area contributed by atoms with Crippen LogP contribution in [0.2, 0.25) is 0 Å². The summed E-state index contributed by atoms with van der Waals surface area (Å²) in [7, 11) is 2.09. The smallest absolute Gasteiger partial charge is 0.123 e. The number of hydrogen-bond donors (Lipinski definition) is 1. The Labute approximate surface area is 166 Å². The molecule has 1 N–H and O–H groups in total. The van der Waals surface area contributed by atoms with Crippen molar-refractivity contribution in [3.63, 3.8) is 0 Å². The molecule has 0 bridgehead atoms. The van der Waals surface area contributed by atoms with Gasteiger partial charge in [-0.2, -0.15) is 0 Å². The lowest BCUT2D eigenvalue weighted by atomic mass is 10.1. The summed E-state index contributed by atoms with van der Waals surface area (Å²) in [5, 5.41) is 13.6. The van der Waals surface area contributed by atoms with E-state index in [0.717, 1.165) is 48.2 Å². The van der Waals surface area contributed by atoms with E-state index < -0.39 is 6.10 Å². The summed E-state index contributed by atoms with van der Waals surface area (Å²) in [6, 6.07) is 8.10. The number of para-hydroxylation sites is 1. The van der Waals surface area contributed by atoms with E-state index in [9.17, 15) is 5.11 Å². The Kier molecular flexibility index (Phi) is 7.64. The number of aryl methyl sites for hydroxylation is 1.